The largest absolute Gasteiger partial charge is 0.325 e. The second kappa shape index (κ2) is 9.55. The molecule has 0 unspecified atom stereocenters. The Labute approximate surface area is 198 Å². The van der Waals surface area contributed by atoms with E-state index < -0.39 is 4.92 Å². The molecule has 0 aliphatic heterocycles. The Bertz CT molecular complexity index is 1330. The number of aromatic nitrogens is 3. The summed E-state index contributed by atoms with van der Waals surface area (Å²) >= 11 is 2.92. The molecule has 4 aromatic rings. The predicted molar refractivity (Wildman–Crippen MR) is 132 cm³/mol. The summed E-state index contributed by atoms with van der Waals surface area (Å²) in [6, 6.07) is 14.3. The number of benzene rings is 2. The number of hydrogen-bond donors (Lipinski definition) is 1. The fraction of sp³-hybridized carbons (Fsp3) is 0.174. The standard InChI is InChI=1S/C23H21N5O3S2/c1-14-7-9-16(10-8-14)21-15(2)32-12-19(21)22-25-26-23(27(22)3)33-13-20(29)24-17-5-4-6-18(11-17)28(30)31/h4-12H,13H2,1-3H3,(H,24,29). The third-order valence-corrected chi connectivity index (χ3v) is 7.00. The number of nitrogens with one attached hydrogen (secondary N) is 1. The lowest BCUT2D eigenvalue weighted by molar-refractivity contribution is -0.384. The number of nitro groups is 1. The number of nitrogens with zero attached hydrogens (tertiary/aromatic N) is 4. The van der Waals surface area contributed by atoms with Crippen LogP contribution in [0.3, 0.4) is 0 Å². The first-order valence-corrected chi connectivity index (χ1v) is 11.9. The third kappa shape index (κ3) is 4.96. The van der Waals surface area contributed by atoms with Gasteiger partial charge in [-0.25, -0.2) is 0 Å². The van der Waals surface area contributed by atoms with Crippen molar-refractivity contribution in [1.29, 1.82) is 0 Å². The highest BCUT2D eigenvalue weighted by molar-refractivity contribution is 7.99. The fourth-order valence-electron chi connectivity index (χ4n) is 3.40. The number of amides is 1. The SMILES string of the molecule is Cc1ccc(-c2c(-c3nnc(SCC(=O)Nc4cccc([N+](=O)[O-])c4)n3C)csc2C)cc1. The van der Waals surface area contributed by atoms with E-state index in [0.717, 1.165) is 22.5 Å². The van der Waals surface area contributed by atoms with Gasteiger partial charge in [0.25, 0.3) is 5.69 Å². The molecule has 33 heavy (non-hydrogen) atoms. The molecule has 0 spiro atoms. The van der Waals surface area contributed by atoms with Crippen molar-refractivity contribution < 1.29 is 9.72 Å². The Morgan fingerprint density at radius 3 is 2.67 bits per heavy atom. The number of carbonyl (C=O) groups excluding carboxylic acids is 1. The van der Waals surface area contributed by atoms with Gasteiger partial charge in [-0.15, -0.1) is 21.5 Å². The van der Waals surface area contributed by atoms with Gasteiger partial charge in [-0.2, -0.15) is 0 Å². The first kappa shape index (κ1) is 22.7. The summed E-state index contributed by atoms with van der Waals surface area (Å²) in [6.07, 6.45) is 0. The normalized spacial score (nSPS) is 10.9. The lowest BCUT2D eigenvalue weighted by Gasteiger charge is -2.08. The molecule has 4 rings (SSSR count). The third-order valence-electron chi connectivity index (χ3n) is 5.06. The van der Waals surface area contributed by atoms with Crippen LogP contribution in [0.1, 0.15) is 10.4 Å². The number of non-ortho nitro benzene ring substituents is 1. The molecular formula is C23H21N5O3S2. The van der Waals surface area contributed by atoms with E-state index in [-0.39, 0.29) is 17.3 Å². The van der Waals surface area contributed by atoms with E-state index in [1.807, 2.05) is 11.6 Å². The van der Waals surface area contributed by atoms with Gasteiger partial charge in [0, 0.05) is 46.3 Å². The van der Waals surface area contributed by atoms with E-state index in [9.17, 15) is 14.9 Å². The lowest BCUT2D eigenvalue weighted by atomic mass is 10.0. The summed E-state index contributed by atoms with van der Waals surface area (Å²) in [5.74, 6) is 0.551. The zero-order chi connectivity index (χ0) is 23.5. The Kier molecular flexibility index (Phi) is 6.57. The predicted octanol–water partition coefficient (Wildman–Crippen LogP) is 5.47. The number of anilines is 1. The first-order chi connectivity index (χ1) is 15.8. The van der Waals surface area contributed by atoms with Gasteiger partial charge in [0.2, 0.25) is 5.91 Å². The van der Waals surface area contributed by atoms with Crippen molar-refractivity contribution in [1.82, 2.24) is 14.8 Å². The van der Waals surface area contributed by atoms with Gasteiger partial charge in [-0.1, -0.05) is 47.7 Å². The quantitative estimate of drug-likeness (QED) is 0.214. The Morgan fingerprint density at radius 1 is 1.18 bits per heavy atom. The molecule has 2 aromatic carbocycles. The van der Waals surface area contributed by atoms with Gasteiger partial charge >= 0.3 is 0 Å². The molecule has 2 aromatic heterocycles. The monoisotopic (exact) mass is 479 g/mol. The molecule has 168 valence electrons. The van der Waals surface area contributed by atoms with Crippen LogP contribution in [-0.4, -0.2) is 31.3 Å². The Balaban J connectivity index is 1.49. The number of aryl methyl sites for hydroxylation is 2. The molecular weight excluding hydrogens is 458 g/mol. The van der Waals surface area contributed by atoms with Crippen LogP contribution in [0, 0.1) is 24.0 Å². The highest BCUT2D eigenvalue weighted by Crippen LogP contribution is 2.39. The summed E-state index contributed by atoms with van der Waals surface area (Å²) in [5, 5.41) is 24.9. The van der Waals surface area contributed by atoms with Crippen LogP contribution >= 0.6 is 23.1 Å². The molecule has 1 N–H and O–H groups in total. The Morgan fingerprint density at radius 2 is 1.94 bits per heavy atom. The minimum atomic E-state index is -0.498. The maximum absolute atomic E-state index is 12.4. The molecule has 0 fully saturated rings. The average Bonchev–Trinajstić information content (AvgIpc) is 3.35. The van der Waals surface area contributed by atoms with Crippen molar-refractivity contribution in [3.8, 4) is 22.5 Å². The van der Waals surface area contributed by atoms with E-state index in [1.165, 1.54) is 40.4 Å². The second-order valence-corrected chi connectivity index (χ2v) is 9.48. The molecule has 0 saturated carbocycles. The zero-order valence-electron chi connectivity index (χ0n) is 18.2. The number of thiophene rings is 1. The maximum atomic E-state index is 12.4. The van der Waals surface area contributed by atoms with Crippen LogP contribution in [0.4, 0.5) is 11.4 Å². The van der Waals surface area contributed by atoms with Crippen molar-refractivity contribution in [2.45, 2.75) is 19.0 Å². The van der Waals surface area contributed by atoms with Gasteiger partial charge in [0.05, 0.1) is 10.7 Å². The van der Waals surface area contributed by atoms with E-state index in [4.69, 9.17) is 0 Å². The van der Waals surface area contributed by atoms with Crippen LogP contribution in [0.15, 0.2) is 59.1 Å². The number of hydrogen-bond acceptors (Lipinski definition) is 7. The lowest BCUT2D eigenvalue weighted by Crippen LogP contribution is -2.14. The van der Waals surface area contributed by atoms with Crippen LogP contribution in [-0.2, 0) is 11.8 Å². The molecule has 0 saturated heterocycles. The zero-order valence-corrected chi connectivity index (χ0v) is 19.9. The van der Waals surface area contributed by atoms with Crippen molar-refractivity contribution in [3.63, 3.8) is 0 Å². The molecule has 0 aliphatic rings. The first-order valence-electron chi connectivity index (χ1n) is 10.1. The number of rotatable bonds is 7. The van der Waals surface area contributed by atoms with Crippen molar-refractivity contribution in [3.05, 3.63) is 74.5 Å². The molecule has 0 radical (unpaired) electrons. The summed E-state index contributed by atoms with van der Waals surface area (Å²) in [5.41, 5.74) is 4.77. The van der Waals surface area contributed by atoms with Gasteiger partial charge in [-0.05, 0) is 25.5 Å². The van der Waals surface area contributed by atoms with Gasteiger partial charge < -0.3 is 9.88 Å². The topological polar surface area (TPSA) is 103 Å². The van der Waals surface area contributed by atoms with E-state index >= 15 is 0 Å². The van der Waals surface area contributed by atoms with Crippen molar-refractivity contribution in [2.75, 3.05) is 11.1 Å². The molecule has 1 amide bonds. The molecule has 10 heteroatoms. The molecule has 0 aliphatic carbocycles. The van der Waals surface area contributed by atoms with Gasteiger partial charge in [0.1, 0.15) is 0 Å². The van der Waals surface area contributed by atoms with Gasteiger partial charge in [-0.3, -0.25) is 14.9 Å². The fourth-order valence-corrected chi connectivity index (χ4v) is 4.97. The number of carbonyl (C=O) groups is 1. The Hall–Kier alpha value is -3.50. The molecule has 0 atom stereocenters. The van der Waals surface area contributed by atoms with Crippen molar-refractivity contribution >= 4 is 40.4 Å². The summed E-state index contributed by atoms with van der Waals surface area (Å²) < 4.78 is 1.88. The van der Waals surface area contributed by atoms with Gasteiger partial charge in [0.15, 0.2) is 11.0 Å². The summed E-state index contributed by atoms with van der Waals surface area (Å²) in [4.78, 5) is 24.0. The van der Waals surface area contributed by atoms with E-state index in [1.54, 1.807) is 17.4 Å². The summed E-state index contributed by atoms with van der Waals surface area (Å²) in [6.45, 7) is 4.15. The highest BCUT2D eigenvalue weighted by Gasteiger charge is 2.19. The summed E-state index contributed by atoms with van der Waals surface area (Å²) in [7, 11) is 1.88. The number of nitro benzene ring substituents is 1. The second-order valence-electron chi connectivity index (χ2n) is 7.46. The van der Waals surface area contributed by atoms with Crippen LogP contribution in [0.5, 0.6) is 0 Å². The average molecular weight is 480 g/mol. The van der Waals surface area contributed by atoms with Crippen molar-refractivity contribution in [2.24, 2.45) is 7.05 Å². The maximum Gasteiger partial charge on any atom is 0.271 e. The van der Waals surface area contributed by atoms with Crippen LogP contribution in [0.2, 0.25) is 0 Å². The van der Waals surface area contributed by atoms with E-state index in [2.05, 4.69) is 59.0 Å². The number of thioether (sulfide) groups is 1. The molecule has 0 bridgehead atoms. The molecule has 2 heterocycles. The van der Waals surface area contributed by atoms with E-state index in [0.29, 0.717) is 10.8 Å². The highest BCUT2D eigenvalue weighted by atomic mass is 32.2. The minimum Gasteiger partial charge on any atom is -0.325 e. The smallest absolute Gasteiger partial charge is 0.271 e. The van der Waals surface area contributed by atoms with Crippen LogP contribution < -0.4 is 5.32 Å². The van der Waals surface area contributed by atoms with Crippen LogP contribution in [0.25, 0.3) is 22.5 Å². The molecule has 8 nitrogen and oxygen atoms in total. The minimum absolute atomic E-state index is 0.0752.